The van der Waals surface area contributed by atoms with Gasteiger partial charge in [0.2, 0.25) is 0 Å². The first-order valence-corrected chi connectivity index (χ1v) is 7.42. The highest BCUT2D eigenvalue weighted by Crippen LogP contribution is 2.10. The molecule has 0 aromatic carbocycles. The Labute approximate surface area is 117 Å². The first-order chi connectivity index (χ1) is 8.88. The summed E-state index contributed by atoms with van der Waals surface area (Å²) in [4.78, 5) is 12.4. The largest absolute Gasteiger partial charge is 0.480 e. The Morgan fingerprint density at radius 3 is 1.95 bits per heavy atom. The number of aliphatic carboxylic acids is 1. The number of carboxylic acid groups (broad SMARTS) is 1. The van der Waals surface area contributed by atoms with Crippen LogP contribution in [-0.2, 0) is 4.79 Å². The van der Waals surface area contributed by atoms with Gasteiger partial charge in [0.1, 0.15) is 5.79 Å². The normalized spacial score (nSPS) is 12.1. The molecule has 114 valence electrons. The molecule has 0 saturated carbocycles. The molecule has 0 spiro atoms. The molecule has 0 rings (SSSR count). The third-order valence-electron chi connectivity index (χ3n) is 3.29. The number of nitrogens with zero attached hydrogens (tertiary/aromatic N) is 1. The molecule has 0 atom stereocenters. The van der Waals surface area contributed by atoms with E-state index in [1.54, 1.807) is 11.8 Å². The Hall–Kier alpha value is -0.650. The highest BCUT2D eigenvalue weighted by molar-refractivity contribution is 5.69. The second-order valence-electron chi connectivity index (χ2n) is 5.52. The zero-order chi connectivity index (χ0) is 14.7. The minimum absolute atomic E-state index is 0.0972. The fraction of sp³-hybridized carbons (Fsp3) is 0.929. The highest BCUT2D eigenvalue weighted by Gasteiger charge is 2.23. The van der Waals surface area contributed by atoms with Crippen LogP contribution in [-0.4, -0.2) is 34.9 Å². The van der Waals surface area contributed by atoms with Crippen molar-refractivity contribution in [1.29, 1.82) is 0 Å². The predicted molar refractivity (Wildman–Crippen MR) is 78.6 cm³/mol. The number of rotatable bonds is 12. The van der Waals surface area contributed by atoms with Crippen molar-refractivity contribution in [2.24, 2.45) is 11.5 Å². The van der Waals surface area contributed by atoms with Gasteiger partial charge in [-0.05, 0) is 13.3 Å². The van der Waals surface area contributed by atoms with Gasteiger partial charge in [0.05, 0.1) is 6.54 Å². The summed E-state index contributed by atoms with van der Waals surface area (Å²) in [7, 11) is 0. The van der Waals surface area contributed by atoms with Gasteiger partial charge >= 0.3 is 5.97 Å². The van der Waals surface area contributed by atoms with E-state index in [1.165, 1.54) is 38.5 Å². The molecule has 0 aliphatic rings. The Balaban J connectivity index is 3.67. The van der Waals surface area contributed by atoms with Gasteiger partial charge in [-0.15, -0.1) is 0 Å². The van der Waals surface area contributed by atoms with Crippen molar-refractivity contribution in [2.75, 3.05) is 13.1 Å². The molecule has 0 aromatic rings. The van der Waals surface area contributed by atoms with E-state index >= 15 is 0 Å². The molecular weight excluding hydrogens is 242 g/mol. The Morgan fingerprint density at radius 2 is 1.53 bits per heavy atom. The van der Waals surface area contributed by atoms with Gasteiger partial charge in [0, 0.05) is 6.54 Å². The second kappa shape index (κ2) is 10.2. The molecule has 0 saturated heterocycles. The molecule has 0 unspecified atom stereocenters. The average molecular weight is 273 g/mol. The number of carbonyl (C=O) groups is 1. The Morgan fingerprint density at radius 1 is 1.05 bits per heavy atom. The molecule has 0 heterocycles. The summed E-state index contributed by atoms with van der Waals surface area (Å²) < 4.78 is 0. The van der Waals surface area contributed by atoms with E-state index in [9.17, 15) is 4.79 Å². The van der Waals surface area contributed by atoms with E-state index in [4.69, 9.17) is 16.6 Å². The maximum Gasteiger partial charge on any atom is 0.317 e. The quantitative estimate of drug-likeness (QED) is 0.374. The van der Waals surface area contributed by atoms with Gasteiger partial charge in [-0.25, -0.2) is 0 Å². The van der Waals surface area contributed by atoms with Gasteiger partial charge in [-0.1, -0.05) is 51.9 Å². The summed E-state index contributed by atoms with van der Waals surface area (Å²) in [5, 5.41) is 8.82. The van der Waals surface area contributed by atoms with Crippen LogP contribution in [0.25, 0.3) is 0 Å². The zero-order valence-electron chi connectivity index (χ0n) is 12.5. The van der Waals surface area contributed by atoms with Crippen LogP contribution in [0.4, 0.5) is 0 Å². The minimum atomic E-state index is -1.06. The van der Waals surface area contributed by atoms with Crippen molar-refractivity contribution in [2.45, 2.75) is 71.0 Å². The van der Waals surface area contributed by atoms with Crippen LogP contribution in [0.5, 0.6) is 0 Å². The van der Waals surface area contributed by atoms with Gasteiger partial charge in [0.15, 0.2) is 0 Å². The summed E-state index contributed by atoms with van der Waals surface area (Å²) in [6.07, 6.45) is 9.76. The van der Waals surface area contributed by atoms with Crippen molar-refractivity contribution < 1.29 is 9.90 Å². The van der Waals surface area contributed by atoms with E-state index < -0.39 is 11.8 Å². The van der Waals surface area contributed by atoms with Crippen LogP contribution in [0.2, 0.25) is 0 Å². The molecule has 0 bridgehead atoms. The van der Waals surface area contributed by atoms with Crippen molar-refractivity contribution >= 4 is 5.97 Å². The molecular formula is C14H31N3O2. The van der Waals surface area contributed by atoms with Crippen molar-refractivity contribution in [1.82, 2.24) is 4.90 Å². The third-order valence-corrected chi connectivity index (χ3v) is 3.29. The Kier molecular flexibility index (Phi) is 9.83. The van der Waals surface area contributed by atoms with Gasteiger partial charge < -0.3 is 16.6 Å². The van der Waals surface area contributed by atoms with Crippen LogP contribution >= 0.6 is 0 Å². The molecule has 0 aliphatic carbocycles. The van der Waals surface area contributed by atoms with E-state index in [1.807, 2.05) is 0 Å². The van der Waals surface area contributed by atoms with Gasteiger partial charge in [-0.2, -0.15) is 0 Å². The topological polar surface area (TPSA) is 92.6 Å². The second-order valence-corrected chi connectivity index (χ2v) is 5.52. The summed E-state index contributed by atoms with van der Waals surface area (Å²) in [5.74, 6) is -1.94. The molecule has 0 radical (unpaired) electrons. The van der Waals surface area contributed by atoms with E-state index in [-0.39, 0.29) is 6.54 Å². The molecule has 0 amide bonds. The van der Waals surface area contributed by atoms with Crippen LogP contribution in [0.1, 0.15) is 65.2 Å². The molecule has 0 aliphatic heterocycles. The highest BCUT2D eigenvalue weighted by atomic mass is 16.4. The van der Waals surface area contributed by atoms with Gasteiger partial charge in [0.25, 0.3) is 0 Å². The smallest absolute Gasteiger partial charge is 0.317 e. The predicted octanol–water partition coefficient (Wildman–Crippen LogP) is 2.10. The average Bonchev–Trinajstić information content (AvgIpc) is 2.29. The molecule has 5 nitrogen and oxygen atoms in total. The van der Waals surface area contributed by atoms with Crippen LogP contribution in [0.15, 0.2) is 0 Å². The van der Waals surface area contributed by atoms with E-state index in [2.05, 4.69) is 6.92 Å². The lowest BCUT2D eigenvalue weighted by Gasteiger charge is -2.33. The summed E-state index contributed by atoms with van der Waals surface area (Å²) in [6, 6.07) is 0. The fourth-order valence-corrected chi connectivity index (χ4v) is 2.09. The number of hydrogen-bond acceptors (Lipinski definition) is 4. The van der Waals surface area contributed by atoms with E-state index in [0.29, 0.717) is 6.54 Å². The lowest BCUT2D eigenvalue weighted by molar-refractivity contribution is -0.140. The molecule has 19 heavy (non-hydrogen) atoms. The van der Waals surface area contributed by atoms with E-state index in [0.717, 1.165) is 12.8 Å². The van der Waals surface area contributed by atoms with Crippen LogP contribution in [0.3, 0.4) is 0 Å². The first kappa shape index (κ1) is 18.4. The van der Waals surface area contributed by atoms with Gasteiger partial charge in [-0.3, -0.25) is 9.69 Å². The monoisotopic (exact) mass is 273 g/mol. The number of unbranched alkanes of at least 4 members (excludes halogenated alkanes) is 7. The summed E-state index contributed by atoms with van der Waals surface area (Å²) in [6.45, 7) is 4.40. The van der Waals surface area contributed by atoms with Crippen LogP contribution < -0.4 is 11.5 Å². The molecule has 0 aromatic heterocycles. The van der Waals surface area contributed by atoms with Crippen molar-refractivity contribution in [3.8, 4) is 0 Å². The third kappa shape index (κ3) is 10.9. The lowest BCUT2D eigenvalue weighted by atomic mass is 10.1. The standard InChI is InChI=1S/C14H31N3O2/c1-3-4-5-6-7-8-9-10-11-17(12-13(18)19)14(2,15)16/h3-12,15-16H2,1-2H3,(H,18,19). The Bertz CT molecular complexity index is 239. The maximum absolute atomic E-state index is 10.7. The molecule has 5 N–H and O–H groups in total. The zero-order valence-corrected chi connectivity index (χ0v) is 12.5. The summed E-state index contributed by atoms with van der Waals surface area (Å²) in [5.41, 5.74) is 11.5. The molecule has 0 fully saturated rings. The lowest BCUT2D eigenvalue weighted by Crippen LogP contribution is -2.62. The fourth-order valence-electron chi connectivity index (χ4n) is 2.09. The summed E-state index contributed by atoms with van der Waals surface area (Å²) >= 11 is 0. The number of nitrogens with two attached hydrogens (primary N) is 2. The first-order valence-electron chi connectivity index (χ1n) is 7.42. The van der Waals surface area contributed by atoms with Crippen molar-refractivity contribution in [3.05, 3.63) is 0 Å². The minimum Gasteiger partial charge on any atom is -0.480 e. The number of carboxylic acids is 1. The maximum atomic E-state index is 10.7. The van der Waals surface area contributed by atoms with Crippen LogP contribution in [0, 0.1) is 0 Å². The number of hydrogen-bond donors (Lipinski definition) is 3. The van der Waals surface area contributed by atoms with Crippen molar-refractivity contribution in [3.63, 3.8) is 0 Å². The molecule has 5 heteroatoms. The SMILES string of the molecule is CCCCCCCCCCN(CC(=O)O)C(C)(N)N.